The van der Waals surface area contributed by atoms with Crippen LogP contribution in [0.15, 0.2) is 164 Å². The van der Waals surface area contributed by atoms with E-state index in [1.165, 1.54) is 4.90 Å². The zero-order valence-corrected chi connectivity index (χ0v) is 40.2. The summed E-state index contributed by atoms with van der Waals surface area (Å²) in [6.07, 6.45) is 3.62. The number of fused-ring (bicyclic) bond motifs is 3. The molecular formula is C60H59N5O6. The summed E-state index contributed by atoms with van der Waals surface area (Å²) in [5, 5.41) is 14.0. The Balaban J connectivity index is 1.21. The fourth-order valence-corrected chi connectivity index (χ4v) is 11.6. The van der Waals surface area contributed by atoms with Crippen molar-refractivity contribution in [3.05, 3.63) is 203 Å². The van der Waals surface area contributed by atoms with Gasteiger partial charge in [0.15, 0.2) is 0 Å². The van der Waals surface area contributed by atoms with Gasteiger partial charge in [0.05, 0.1) is 36.3 Å². The van der Waals surface area contributed by atoms with Gasteiger partial charge in [0.25, 0.3) is 0 Å². The molecule has 0 radical (unpaired) electrons. The minimum atomic E-state index is -1.91. The van der Waals surface area contributed by atoms with Crippen LogP contribution in [0.25, 0.3) is 0 Å². The van der Waals surface area contributed by atoms with Crippen LogP contribution in [0.2, 0.25) is 0 Å². The average Bonchev–Trinajstić information content (AvgIpc) is 3.83. The highest BCUT2D eigenvalue weighted by Crippen LogP contribution is 2.66. The van der Waals surface area contributed by atoms with Crippen LogP contribution < -0.4 is 10.2 Å². The molecule has 0 aromatic heterocycles. The number of cyclic esters (lactones) is 1. The Labute approximate surface area is 416 Å². The van der Waals surface area contributed by atoms with Crippen molar-refractivity contribution >= 4 is 29.5 Å². The molecule has 6 aromatic carbocycles. The second-order valence-corrected chi connectivity index (χ2v) is 19.4. The smallest absolute Gasteiger partial charge is 0.329 e. The number of carbonyl (C=O) groups is 4. The van der Waals surface area contributed by atoms with Crippen molar-refractivity contribution in [2.45, 2.75) is 81.3 Å². The van der Waals surface area contributed by atoms with E-state index in [2.05, 4.69) is 34.2 Å². The Morgan fingerprint density at radius 2 is 1.35 bits per heavy atom. The van der Waals surface area contributed by atoms with Crippen molar-refractivity contribution in [2.75, 3.05) is 31.6 Å². The van der Waals surface area contributed by atoms with Gasteiger partial charge in [-0.05, 0) is 90.5 Å². The maximum absolute atomic E-state index is 16.8. The van der Waals surface area contributed by atoms with Gasteiger partial charge in [-0.3, -0.25) is 24.2 Å². The van der Waals surface area contributed by atoms with Gasteiger partial charge >= 0.3 is 12.0 Å². The number of anilines is 1. The summed E-state index contributed by atoms with van der Waals surface area (Å²) < 4.78 is 6.69. The Kier molecular flexibility index (Phi) is 13.6. The number of benzene rings is 6. The number of hydrogen-bond donors (Lipinski definition) is 2. The largest absolute Gasteiger partial charge is 0.508 e. The van der Waals surface area contributed by atoms with E-state index >= 15 is 19.2 Å². The third-order valence-electron chi connectivity index (χ3n) is 14.8. The van der Waals surface area contributed by atoms with E-state index in [0.29, 0.717) is 48.6 Å². The molecule has 0 aliphatic carbocycles. The third-order valence-corrected chi connectivity index (χ3v) is 14.8. The Morgan fingerprint density at radius 1 is 0.746 bits per heavy atom. The molecule has 10 rings (SSSR count). The van der Waals surface area contributed by atoms with Crippen LogP contribution in [0.3, 0.4) is 0 Å². The molecule has 4 amide bonds. The summed E-state index contributed by atoms with van der Waals surface area (Å²) in [5.74, 6) is 3.75. The highest BCUT2D eigenvalue weighted by Gasteiger charge is 2.76. The number of aromatic hydroxyl groups is 1. The standard InChI is InChI=1S/C60H59N5O6/c1-41(44-24-12-7-13-25-44)61-59(70)64-50-35-30-42(23-20-36-62(2)40-43-21-10-6-11-22-43)39-49(50)60(58(64)69)51(56(67)63-37-18-4-3-5-19-38-63)53-57(68)71-54(46-28-16-9-17-29-46)52(45-26-14-8-15-27-45)65(53)55(60)47-31-33-48(66)34-32-47/h6-17,21-22,24-35,39,41,51-55,66H,3-5,18-19,36-38,40H2,1-2H3,(H,61,70)/t41-,51-,52-,53-,54+,55+,60-/m1/s1. The zero-order valence-electron chi connectivity index (χ0n) is 40.2. The van der Waals surface area contributed by atoms with Crippen LogP contribution in [0.1, 0.15) is 102 Å². The van der Waals surface area contributed by atoms with Gasteiger partial charge in [0, 0.05) is 25.2 Å². The van der Waals surface area contributed by atoms with E-state index < -0.39 is 59.5 Å². The second-order valence-electron chi connectivity index (χ2n) is 19.4. The molecule has 6 aromatic rings. The van der Waals surface area contributed by atoms with Crippen molar-refractivity contribution in [3.63, 3.8) is 0 Å². The number of hydrogen-bond acceptors (Lipinski definition) is 8. The summed E-state index contributed by atoms with van der Waals surface area (Å²) in [7, 11) is 2.01. The molecule has 71 heavy (non-hydrogen) atoms. The number of imide groups is 1. The molecule has 11 nitrogen and oxygen atoms in total. The zero-order chi connectivity index (χ0) is 49.1. The first kappa shape index (κ1) is 47.2. The predicted molar refractivity (Wildman–Crippen MR) is 273 cm³/mol. The number of amides is 4. The summed E-state index contributed by atoms with van der Waals surface area (Å²) in [5.41, 5.74) is 3.53. The molecule has 11 heteroatoms. The highest BCUT2D eigenvalue weighted by molar-refractivity contribution is 6.24. The van der Waals surface area contributed by atoms with Gasteiger partial charge < -0.3 is 20.1 Å². The number of phenolic OH excluding ortho intramolecular Hbond substituents is 1. The van der Waals surface area contributed by atoms with Crippen molar-refractivity contribution in [1.29, 1.82) is 0 Å². The van der Waals surface area contributed by atoms with E-state index in [-0.39, 0.29) is 11.7 Å². The number of likely N-dealkylation sites (tertiary alicyclic amines) is 1. The number of esters is 1. The van der Waals surface area contributed by atoms with Crippen molar-refractivity contribution < 1.29 is 29.0 Å². The first-order valence-electron chi connectivity index (χ1n) is 24.9. The number of urea groups is 1. The Hall–Kier alpha value is -7.52. The Bertz CT molecular complexity index is 2940. The lowest BCUT2D eigenvalue weighted by molar-refractivity contribution is -0.179. The van der Waals surface area contributed by atoms with E-state index in [4.69, 9.17) is 4.74 Å². The fraction of sp³-hybridized carbons (Fsp3) is 0.300. The monoisotopic (exact) mass is 945 g/mol. The third kappa shape index (κ3) is 8.99. The molecular weight excluding hydrogens is 887 g/mol. The van der Waals surface area contributed by atoms with Gasteiger partial charge in [-0.15, -0.1) is 0 Å². The summed E-state index contributed by atoms with van der Waals surface area (Å²) >= 11 is 0. The van der Waals surface area contributed by atoms with Gasteiger partial charge in [-0.2, -0.15) is 0 Å². The molecule has 4 aliphatic heterocycles. The molecule has 2 N–H and O–H groups in total. The van der Waals surface area contributed by atoms with E-state index in [1.54, 1.807) is 30.3 Å². The second kappa shape index (κ2) is 20.4. The van der Waals surface area contributed by atoms with E-state index in [9.17, 15) is 5.11 Å². The van der Waals surface area contributed by atoms with Crippen LogP contribution in [0.4, 0.5) is 10.5 Å². The lowest BCUT2D eigenvalue weighted by Crippen LogP contribution is -2.57. The summed E-state index contributed by atoms with van der Waals surface area (Å²) in [4.78, 5) is 71.0. The Morgan fingerprint density at radius 3 is 2.01 bits per heavy atom. The molecule has 4 heterocycles. The maximum Gasteiger partial charge on any atom is 0.329 e. The molecule has 0 bridgehead atoms. The molecule has 4 aliphatic rings. The van der Waals surface area contributed by atoms with Crippen LogP contribution >= 0.6 is 0 Å². The normalized spacial score (nSPS) is 23.5. The van der Waals surface area contributed by atoms with Crippen molar-refractivity contribution in [1.82, 2.24) is 20.0 Å². The lowest BCUT2D eigenvalue weighted by Gasteiger charge is -2.46. The van der Waals surface area contributed by atoms with Crippen LogP contribution in [-0.4, -0.2) is 76.3 Å². The molecule has 3 saturated heterocycles. The number of nitrogens with one attached hydrogen (secondary N) is 1. The molecule has 7 atom stereocenters. The number of nitrogens with zero attached hydrogens (tertiary/aromatic N) is 4. The van der Waals surface area contributed by atoms with Gasteiger partial charge in [-0.1, -0.05) is 165 Å². The quantitative estimate of drug-likeness (QED) is 0.109. The summed E-state index contributed by atoms with van der Waals surface area (Å²) in [6, 6.07) is 46.9. The first-order valence-corrected chi connectivity index (χ1v) is 24.9. The number of carbonyl (C=O) groups excluding carboxylic acids is 4. The predicted octanol–water partition coefficient (Wildman–Crippen LogP) is 9.80. The molecule has 1 spiro atoms. The first-order chi connectivity index (χ1) is 34.6. The number of phenols is 1. The van der Waals surface area contributed by atoms with E-state index in [1.807, 2.05) is 145 Å². The SMILES string of the molecule is C[C@@H](NC(=O)N1C(=O)[C@@]2(c3cc(C#CCN(C)Cc4ccccc4)ccc31)[C@H](c1ccc(O)cc1)N1[C@H](c3ccccc3)[C@H](c3ccccc3)OC(=O)[C@H]1[C@@H]2C(=O)N1CCCCCCC1)c1ccccc1. The topological polar surface area (TPSA) is 123 Å². The number of rotatable bonds is 9. The molecule has 360 valence electrons. The molecule has 0 saturated carbocycles. The molecule has 0 unspecified atom stereocenters. The van der Waals surface area contributed by atoms with Crippen LogP contribution in [-0.2, 0) is 31.1 Å². The van der Waals surface area contributed by atoms with Crippen LogP contribution in [0, 0.1) is 17.8 Å². The van der Waals surface area contributed by atoms with Crippen molar-refractivity contribution in [3.8, 4) is 17.6 Å². The lowest BCUT2D eigenvalue weighted by atomic mass is 9.64. The molecule has 3 fully saturated rings. The highest BCUT2D eigenvalue weighted by atomic mass is 16.6. The van der Waals surface area contributed by atoms with E-state index in [0.717, 1.165) is 54.4 Å². The van der Waals surface area contributed by atoms with Gasteiger partial charge in [-0.25, -0.2) is 9.69 Å². The van der Waals surface area contributed by atoms with Gasteiger partial charge in [0.2, 0.25) is 11.8 Å². The maximum atomic E-state index is 16.8. The minimum Gasteiger partial charge on any atom is -0.508 e. The fourth-order valence-electron chi connectivity index (χ4n) is 11.6. The summed E-state index contributed by atoms with van der Waals surface area (Å²) in [6.45, 7) is 3.90. The minimum absolute atomic E-state index is 0.00859. The number of morpholine rings is 1. The van der Waals surface area contributed by atoms with Crippen molar-refractivity contribution in [2.24, 2.45) is 5.92 Å². The van der Waals surface area contributed by atoms with Crippen LogP contribution in [0.5, 0.6) is 5.75 Å². The van der Waals surface area contributed by atoms with Gasteiger partial charge in [0.1, 0.15) is 23.3 Å². The number of ether oxygens (including phenoxy) is 1. The average molecular weight is 946 g/mol.